The lowest BCUT2D eigenvalue weighted by Crippen LogP contribution is -2.21. The Morgan fingerprint density at radius 3 is 2.50 bits per heavy atom. The molecule has 1 fully saturated rings. The van der Waals surface area contributed by atoms with E-state index in [0.717, 1.165) is 44.1 Å². The molecule has 5 heteroatoms. The second-order valence-electron chi connectivity index (χ2n) is 7.92. The molecule has 162 valence electrons. The first-order valence-electron chi connectivity index (χ1n) is 10.6. The zero-order valence-electron chi connectivity index (χ0n) is 17.4. The van der Waals surface area contributed by atoms with E-state index < -0.39 is 11.6 Å². The highest BCUT2D eigenvalue weighted by atomic mass is 19.2. The summed E-state index contributed by atoms with van der Waals surface area (Å²) < 4.78 is 53.4. The highest BCUT2D eigenvalue weighted by molar-refractivity contribution is 5.31. The molecule has 2 nitrogen and oxygen atoms in total. The van der Waals surface area contributed by atoms with Crippen LogP contribution < -0.4 is 4.74 Å². The van der Waals surface area contributed by atoms with Gasteiger partial charge in [0.2, 0.25) is 0 Å². The largest absolute Gasteiger partial charge is 0.491 e. The van der Waals surface area contributed by atoms with Crippen molar-refractivity contribution in [2.45, 2.75) is 64.1 Å². The summed E-state index contributed by atoms with van der Waals surface area (Å²) in [6.07, 6.45) is 6.83. The highest BCUT2D eigenvalue weighted by Crippen LogP contribution is 2.36. The Kier molecular flexibility index (Phi) is 7.97. The van der Waals surface area contributed by atoms with Gasteiger partial charge in [0, 0.05) is 5.56 Å². The first-order valence-corrected chi connectivity index (χ1v) is 10.6. The Morgan fingerprint density at radius 1 is 1.03 bits per heavy atom. The average Bonchev–Trinajstić information content (AvgIpc) is 2.76. The van der Waals surface area contributed by atoms with E-state index in [1.807, 2.05) is 12.1 Å². The van der Waals surface area contributed by atoms with E-state index in [-0.39, 0.29) is 41.3 Å². The van der Waals surface area contributed by atoms with E-state index in [4.69, 9.17) is 9.47 Å². The second kappa shape index (κ2) is 10.7. The molecule has 30 heavy (non-hydrogen) atoms. The zero-order chi connectivity index (χ0) is 21.5. The Hall–Kier alpha value is -2.27. The van der Waals surface area contributed by atoms with Crippen molar-refractivity contribution in [2.75, 3.05) is 6.61 Å². The lowest BCUT2D eigenvalue weighted by Gasteiger charge is -2.29. The van der Waals surface area contributed by atoms with Gasteiger partial charge in [0.25, 0.3) is 0 Å². The first kappa shape index (κ1) is 22.4. The smallest absolute Gasteiger partial charge is 0.165 e. The summed E-state index contributed by atoms with van der Waals surface area (Å²) in [7, 11) is 0. The average molecular weight is 418 g/mol. The second-order valence-corrected chi connectivity index (χ2v) is 7.92. The molecule has 2 aromatic rings. The molecular formula is C25H29F3O2. The Labute approximate surface area is 176 Å². The van der Waals surface area contributed by atoms with E-state index in [9.17, 15) is 13.2 Å². The zero-order valence-corrected chi connectivity index (χ0v) is 17.4. The monoisotopic (exact) mass is 418 g/mol. The molecule has 0 spiro atoms. The van der Waals surface area contributed by atoms with Crippen LogP contribution in [0.15, 0.2) is 43.0 Å². The summed E-state index contributed by atoms with van der Waals surface area (Å²) >= 11 is 0. The van der Waals surface area contributed by atoms with Gasteiger partial charge in [-0.05, 0) is 74.6 Å². The molecule has 0 saturated heterocycles. The van der Waals surface area contributed by atoms with Crippen LogP contribution in [0.2, 0.25) is 0 Å². The van der Waals surface area contributed by atoms with Gasteiger partial charge in [-0.25, -0.2) is 13.2 Å². The Balaban J connectivity index is 1.49. The number of aryl methyl sites for hydroxylation is 1. The van der Waals surface area contributed by atoms with E-state index in [2.05, 4.69) is 6.58 Å². The van der Waals surface area contributed by atoms with Crippen LogP contribution in [0.1, 0.15) is 61.1 Å². The van der Waals surface area contributed by atoms with Crippen LogP contribution in [0.3, 0.4) is 0 Å². The number of unbranched alkanes of at least 4 members (excludes halogenated alkanes) is 1. The quantitative estimate of drug-likeness (QED) is 0.322. The number of ether oxygens (including phenoxy) is 2. The third-order valence-electron chi connectivity index (χ3n) is 5.74. The third-order valence-corrected chi connectivity index (χ3v) is 5.74. The standard InChI is InChI=1S/C25H29F3O2/c1-3-4-5-14-29-23-13-10-19(15-22(23)26)18-8-11-21(12-9-18)30-16-20-7-6-17(2)24(27)25(20)28/h3,6-7,10,13,15,18,21H,1,4-5,8-9,11-12,14,16H2,2H3. The highest BCUT2D eigenvalue weighted by Gasteiger charge is 2.24. The molecule has 0 aliphatic heterocycles. The van der Waals surface area contributed by atoms with Gasteiger partial charge in [-0.2, -0.15) is 0 Å². The molecule has 0 amide bonds. The van der Waals surface area contributed by atoms with Gasteiger partial charge in [-0.3, -0.25) is 0 Å². The molecule has 0 radical (unpaired) electrons. The van der Waals surface area contributed by atoms with Crippen molar-refractivity contribution < 1.29 is 22.6 Å². The van der Waals surface area contributed by atoms with Crippen molar-refractivity contribution in [2.24, 2.45) is 0 Å². The van der Waals surface area contributed by atoms with Gasteiger partial charge >= 0.3 is 0 Å². The summed E-state index contributed by atoms with van der Waals surface area (Å²) in [6, 6.07) is 8.34. The Morgan fingerprint density at radius 2 is 1.80 bits per heavy atom. The molecule has 0 unspecified atom stereocenters. The number of hydrogen-bond donors (Lipinski definition) is 0. The number of hydrogen-bond acceptors (Lipinski definition) is 2. The van der Waals surface area contributed by atoms with Crippen molar-refractivity contribution in [1.29, 1.82) is 0 Å². The maximum atomic E-state index is 14.4. The van der Waals surface area contributed by atoms with Crippen LogP contribution in [0, 0.1) is 24.4 Å². The SMILES string of the molecule is C=CCCCOc1ccc(C2CCC(OCc3ccc(C)c(F)c3F)CC2)cc1F. The van der Waals surface area contributed by atoms with E-state index >= 15 is 0 Å². The van der Waals surface area contributed by atoms with Gasteiger partial charge in [0.05, 0.1) is 19.3 Å². The molecule has 1 aliphatic rings. The van der Waals surface area contributed by atoms with Crippen LogP contribution in [0.25, 0.3) is 0 Å². The Bertz CT molecular complexity index is 858. The molecule has 0 heterocycles. The number of halogens is 3. The lowest BCUT2D eigenvalue weighted by atomic mass is 9.82. The maximum absolute atomic E-state index is 14.4. The van der Waals surface area contributed by atoms with Crippen LogP contribution in [0.4, 0.5) is 13.2 Å². The van der Waals surface area contributed by atoms with Crippen molar-refractivity contribution in [1.82, 2.24) is 0 Å². The minimum absolute atomic E-state index is 0.00216. The van der Waals surface area contributed by atoms with Crippen LogP contribution in [0.5, 0.6) is 5.75 Å². The van der Waals surface area contributed by atoms with Crippen LogP contribution in [-0.4, -0.2) is 12.7 Å². The summed E-state index contributed by atoms with van der Waals surface area (Å²) in [5, 5.41) is 0. The molecule has 0 atom stereocenters. The van der Waals surface area contributed by atoms with Gasteiger partial charge in [-0.1, -0.05) is 24.3 Å². The first-order chi connectivity index (χ1) is 14.5. The predicted molar refractivity (Wildman–Crippen MR) is 112 cm³/mol. The minimum atomic E-state index is -0.828. The number of allylic oxidation sites excluding steroid dienone is 1. The van der Waals surface area contributed by atoms with Crippen molar-refractivity contribution >= 4 is 0 Å². The number of rotatable bonds is 9. The summed E-state index contributed by atoms with van der Waals surface area (Å²) in [6.45, 7) is 5.72. The van der Waals surface area contributed by atoms with Gasteiger partial charge < -0.3 is 9.47 Å². The van der Waals surface area contributed by atoms with E-state index in [1.54, 1.807) is 24.3 Å². The fourth-order valence-electron chi connectivity index (χ4n) is 3.87. The van der Waals surface area contributed by atoms with Crippen LogP contribution in [-0.2, 0) is 11.3 Å². The van der Waals surface area contributed by atoms with E-state index in [1.165, 1.54) is 6.92 Å². The molecule has 1 aliphatic carbocycles. The summed E-state index contributed by atoms with van der Waals surface area (Å²) in [5.74, 6) is -1.42. The summed E-state index contributed by atoms with van der Waals surface area (Å²) in [4.78, 5) is 0. The molecule has 0 N–H and O–H groups in total. The topological polar surface area (TPSA) is 18.5 Å². The molecule has 0 aromatic heterocycles. The third kappa shape index (κ3) is 5.66. The molecule has 3 rings (SSSR count). The van der Waals surface area contributed by atoms with Crippen LogP contribution >= 0.6 is 0 Å². The lowest BCUT2D eigenvalue weighted by molar-refractivity contribution is 0.0118. The fraction of sp³-hybridized carbons (Fsp3) is 0.440. The number of benzene rings is 2. The van der Waals surface area contributed by atoms with E-state index in [0.29, 0.717) is 6.61 Å². The molecule has 1 saturated carbocycles. The van der Waals surface area contributed by atoms with Crippen molar-refractivity contribution in [3.05, 3.63) is 77.1 Å². The van der Waals surface area contributed by atoms with Crippen molar-refractivity contribution in [3.8, 4) is 5.75 Å². The van der Waals surface area contributed by atoms with Gasteiger partial charge in [0.15, 0.2) is 23.2 Å². The predicted octanol–water partition coefficient (Wildman–Crippen LogP) is 7.00. The summed E-state index contributed by atoms with van der Waals surface area (Å²) in [5.41, 5.74) is 1.50. The fourth-order valence-corrected chi connectivity index (χ4v) is 3.87. The minimum Gasteiger partial charge on any atom is -0.491 e. The van der Waals surface area contributed by atoms with Gasteiger partial charge in [0.1, 0.15) is 0 Å². The molecule has 0 bridgehead atoms. The van der Waals surface area contributed by atoms with Crippen molar-refractivity contribution in [3.63, 3.8) is 0 Å². The normalized spacial score (nSPS) is 18.9. The maximum Gasteiger partial charge on any atom is 0.165 e. The molecule has 2 aromatic carbocycles. The molecular weight excluding hydrogens is 389 g/mol. The van der Waals surface area contributed by atoms with Gasteiger partial charge in [-0.15, -0.1) is 6.58 Å².